The summed E-state index contributed by atoms with van der Waals surface area (Å²) < 4.78 is 5.74. The summed E-state index contributed by atoms with van der Waals surface area (Å²) in [7, 11) is 0. The molecule has 0 radical (unpaired) electrons. The third-order valence-corrected chi connectivity index (χ3v) is 2.66. The van der Waals surface area contributed by atoms with Crippen LogP contribution in [0.1, 0.15) is 31.7 Å². The standard InChI is InChI=1S/C15H16O/c1-2-14-9-6-10-15(16-14)12-11-13-7-4-3-5-8-13/h2-5,7-8,15H,6,9-10H2,1H3/b14-2+. The normalized spacial score (nSPS) is 22.1. The zero-order valence-corrected chi connectivity index (χ0v) is 9.57. The summed E-state index contributed by atoms with van der Waals surface area (Å²) in [6.45, 7) is 2.02. The smallest absolute Gasteiger partial charge is 0.159 e. The Balaban J connectivity index is 2.02. The Kier molecular flexibility index (Phi) is 3.66. The lowest BCUT2D eigenvalue weighted by Gasteiger charge is -2.21. The van der Waals surface area contributed by atoms with Crippen molar-refractivity contribution < 1.29 is 4.74 Å². The lowest BCUT2D eigenvalue weighted by Crippen LogP contribution is -2.15. The van der Waals surface area contributed by atoms with Gasteiger partial charge in [0.15, 0.2) is 6.10 Å². The van der Waals surface area contributed by atoms with Gasteiger partial charge in [-0.3, -0.25) is 0 Å². The second-order valence-corrected chi connectivity index (χ2v) is 3.89. The van der Waals surface area contributed by atoms with Crippen LogP contribution < -0.4 is 0 Å². The molecule has 1 aromatic carbocycles. The van der Waals surface area contributed by atoms with Gasteiger partial charge in [0.25, 0.3) is 0 Å². The number of rotatable bonds is 0. The molecule has 1 heterocycles. The van der Waals surface area contributed by atoms with Crippen molar-refractivity contribution in [3.63, 3.8) is 0 Å². The summed E-state index contributed by atoms with van der Waals surface area (Å²) in [5, 5.41) is 0. The van der Waals surface area contributed by atoms with E-state index in [0.717, 1.165) is 24.2 Å². The van der Waals surface area contributed by atoms with Gasteiger partial charge < -0.3 is 4.74 Å². The van der Waals surface area contributed by atoms with Crippen LogP contribution in [0.3, 0.4) is 0 Å². The van der Waals surface area contributed by atoms with Crippen molar-refractivity contribution in [1.29, 1.82) is 0 Å². The highest BCUT2D eigenvalue weighted by atomic mass is 16.5. The quantitative estimate of drug-likeness (QED) is 0.598. The first-order valence-electron chi connectivity index (χ1n) is 5.77. The van der Waals surface area contributed by atoms with Crippen molar-refractivity contribution in [3.05, 3.63) is 47.7 Å². The summed E-state index contributed by atoms with van der Waals surface area (Å²) in [5.74, 6) is 7.43. The molecule has 0 aliphatic carbocycles. The molecule has 1 fully saturated rings. The monoisotopic (exact) mass is 212 g/mol. The zero-order chi connectivity index (χ0) is 11.2. The minimum atomic E-state index is 0.0696. The molecule has 1 saturated heterocycles. The molecule has 1 nitrogen and oxygen atoms in total. The van der Waals surface area contributed by atoms with E-state index in [4.69, 9.17) is 4.74 Å². The predicted octanol–water partition coefficient (Wildman–Crippen LogP) is 3.51. The van der Waals surface area contributed by atoms with Crippen molar-refractivity contribution in [3.8, 4) is 11.8 Å². The maximum atomic E-state index is 5.74. The van der Waals surface area contributed by atoms with Gasteiger partial charge in [-0.15, -0.1) is 0 Å². The molecule has 1 aliphatic heterocycles. The topological polar surface area (TPSA) is 9.23 Å². The Morgan fingerprint density at radius 2 is 2.12 bits per heavy atom. The molecule has 0 aromatic heterocycles. The number of hydrogen-bond acceptors (Lipinski definition) is 1. The average molecular weight is 212 g/mol. The molecule has 0 spiro atoms. The van der Waals surface area contributed by atoms with Crippen LogP contribution in [0.15, 0.2) is 42.2 Å². The maximum absolute atomic E-state index is 5.74. The van der Waals surface area contributed by atoms with Crippen LogP contribution in [0, 0.1) is 11.8 Å². The van der Waals surface area contributed by atoms with Gasteiger partial charge in [0.2, 0.25) is 0 Å². The van der Waals surface area contributed by atoms with Gasteiger partial charge in [-0.05, 0) is 38.0 Å². The molecule has 1 heteroatoms. The second kappa shape index (κ2) is 5.42. The van der Waals surface area contributed by atoms with Crippen LogP contribution >= 0.6 is 0 Å². The Morgan fingerprint density at radius 3 is 2.88 bits per heavy atom. The molecule has 16 heavy (non-hydrogen) atoms. The van der Waals surface area contributed by atoms with Crippen LogP contribution in [0.4, 0.5) is 0 Å². The van der Waals surface area contributed by atoms with Gasteiger partial charge in [-0.1, -0.05) is 30.0 Å². The lowest BCUT2D eigenvalue weighted by molar-refractivity contribution is 0.115. The van der Waals surface area contributed by atoms with Crippen LogP contribution in [0.2, 0.25) is 0 Å². The molecule has 0 saturated carbocycles. The maximum Gasteiger partial charge on any atom is 0.159 e. The summed E-state index contributed by atoms with van der Waals surface area (Å²) >= 11 is 0. The van der Waals surface area contributed by atoms with E-state index in [2.05, 4.69) is 11.8 Å². The number of ether oxygens (including phenoxy) is 1. The van der Waals surface area contributed by atoms with Crippen LogP contribution in [-0.2, 0) is 4.74 Å². The molecule has 1 atom stereocenters. The minimum absolute atomic E-state index is 0.0696. The van der Waals surface area contributed by atoms with Crippen molar-refractivity contribution in [2.75, 3.05) is 0 Å². The number of hydrogen-bond donors (Lipinski definition) is 0. The second-order valence-electron chi connectivity index (χ2n) is 3.89. The first-order chi connectivity index (χ1) is 7.88. The molecule has 82 valence electrons. The van der Waals surface area contributed by atoms with Crippen molar-refractivity contribution in [1.82, 2.24) is 0 Å². The highest BCUT2D eigenvalue weighted by Gasteiger charge is 2.14. The number of allylic oxidation sites excluding steroid dienone is 2. The van der Waals surface area contributed by atoms with Crippen molar-refractivity contribution >= 4 is 0 Å². The molecule has 1 unspecified atom stereocenters. The van der Waals surface area contributed by atoms with Gasteiger partial charge >= 0.3 is 0 Å². The third kappa shape index (κ3) is 2.90. The fourth-order valence-corrected chi connectivity index (χ4v) is 1.76. The van der Waals surface area contributed by atoms with E-state index < -0.39 is 0 Å². The molecule has 1 aromatic rings. The molecular formula is C15H16O. The molecule has 1 aliphatic rings. The third-order valence-electron chi connectivity index (χ3n) is 2.66. The number of benzene rings is 1. The minimum Gasteiger partial charge on any atom is -0.482 e. The largest absolute Gasteiger partial charge is 0.482 e. The Bertz CT molecular complexity index is 420. The van der Waals surface area contributed by atoms with E-state index in [0.29, 0.717) is 0 Å². The first-order valence-corrected chi connectivity index (χ1v) is 5.77. The SMILES string of the molecule is C/C=C1\CCCC(C#Cc2ccccc2)O1. The van der Waals surface area contributed by atoms with Crippen LogP contribution in [0.25, 0.3) is 0 Å². The fraction of sp³-hybridized carbons (Fsp3) is 0.333. The van der Waals surface area contributed by atoms with E-state index in [1.807, 2.05) is 43.3 Å². The van der Waals surface area contributed by atoms with Crippen molar-refractivity contribution in [2.45, 2.75) is 32.3 Å². The predicted molar refractivity (Wildman–Crippen MR) is 65.8 cm³/mol. The highest BCUT2D eigenvalue weighted by Crippen LogP contribution is 2.21. The van der Waals surface area contributed by atoms with Gasteiger partial charge in [0.05, 0.1) is 5.76 Å². The zero-order valence-electron chi connectivity index (χ0n) is 9.57. The summed E-state index contributed by atoms with van der Waals surface area (Å²) in [5.41, 5.74) is 1.05. The van der Waals surface area contributed by atoms with Gasteiger partial charge in [-0.25, -0.2) is 0 Å². The summed E-state index contributed by atoms with van der Waals surface area (Å²) in [6, 6.07) is 10.0. The Morgan fingerprint density at radius 1 is 1.31 bits per heavy atom. The Hall–Kier alpha value is -1.68. The van der Waals surface area contributed by atoms with E-state index in [1.54, 1.807) is 0 Å². The van der Waals surface area contributed by atoms with Crippen LogP contribution in [-0.4, -0.2) is 6.10 Å². The first kappa shape index (κ1) is 10.8. The molecule has 0 N–H and O–H groups in total. The average Bonchev–Trinajstić information content (AvgIpc) is 2.38. The summed E-state index contributed by atoms with van der Waals surface area (Å²) in [6.07, 6.45) is 5.38. The van der Waals surface area contributed by atoms with E-state index in [1.165, 1.54) is 6.42 Å². The van der Waals surface area contributed by atoms with Crippen molar-refractivity contribution in [2.24, 2.45) is 0 Å². The van der Waals surface area contributed by atoms with E-state index in [9.17, 15) is 0 Å². The van der Waals surface area contributed by atoms with Gasteiger partial charge in [0, 0.05) is 12.0 Å². The Labute approximate surface area is 97.1 Å². The van der Waals surface area contributed by atoms with E-state index >= 15 is 0 Å². The van der Waals surface area contributed by atoms with E-state index in [-0.39, 0.29) is 6.10 Å². The van der Waals surface area contributed by atoms with Crippen LogP contribution in [0.5, 0.6) is 0 Å². The summed E-state index contributed by atoms with van der Waals surface area (Å²) in [4.78, 5) is 0. The van der Waals surface area contributed by atoms with Gasteiger partial charge in [-0.2, -0.15) is 0 Å². The molecular weight excluding hydrogens is 196 g/mol. The fourth-order valence-electron chi connectivity index (χ4n) is 1.76. The lowest BCUT2D eigenvalue weighted by atomic mass is 10.1. The molecule has 2 rings (SSSR count). The van der Waals surface area contributed by atoms with Gasteiger partial charge in [0.1, 0.15) is 0 Å². The molecule has 0 amide bonds. The molecule has 0 bridgehead atoms. The highest BCUT2D eigenvalue weighted by molar-refractivity contribution is 5.34.